The van der Waals surface area contributed by atoms with E-state index in [0.717, 1.165) is 36.6 Å². The van der Waals surface area contributed by atoms with E-state index in [2.05, 4.69) is 0 Å². The molecule has 1 N–H and O–H groups in total. The molecule has 198 valence electrons. The Labute approximate surface area is 218 Å². The quantitative estimate of drug-likeness (QED) is 0.455. The fourth-order valence-corrected chi connectivity index (χ4v) is 6.67. The summed E-state index contributed by atoms with van der Waals surface area (Å²) < 4.78 is 69.0. The lowest BCUT2D eigenvalue weighted by Gasteiger charge is -2.42. The van der Waals surface area contributed by atoms with E-state index < -0.39 is 39.1 Å². The highest BCUT2D eigenvalue weighted by Crippen LogP contribution is 2.45. The van der Waals surface area contributed by atoms with Crippen LogP contribution in [0.2, 0.25) is 0 Å². The van der Waals surface area contributed by atoms with Crippen LogP contribution in [0.15, 0.2) is 65.6 Å². The minimum absolute atomic E-state index is 0.0144. The molecule has 38 heavy (non-hydrogen) atoms. The second kappa shape index (κ2) is 9.06. The Morgan fingerprint density at radius 1 is 1.05 bits per heavy atom. The van der Waals surface area contributed by atoms with Crippen LogP contribution in [0.1, 0.15) is 30.7 Å². The average molecular weight is 542 g/mol. The lowest BCUT2D eigenvalue weighted by atomic mass is 9.80. The highest BCUT2D eigenvalue weighted by molar-refractivity contribution is 7.92. The first kappa shape index (κ1) is 24.8. The van der Waals surface area contributed by atoms with Crippen molar-refractivity contribution in [2.24, 2.45) is 5.41 Å². The molecule has 0 amide bonds. The predicted octanol–water partition coefficient (Wildman–Crippen LogP) is 4.96. The second-order valence-corrected chi connectivity index (χ2v) is 12.1. The Kier molecular flexibility index (Phi) is 5.92. The highest BCUT2D eigenvalue weighted by atomic mass is 32.2. The van der Waals surface area contributed by atoms with Gasteiger partial charge in [-0.1, -0.05) is 18.2 Å². The summed E-state index contributed by atoms with van der Waals surface area (Å²) in [6.07, 6.45) is 1.30. The van der Waals surface area contributed by atoms with Crippen molar-refractivity contribution in [3.05, 3.63) is 77.9 Å². The smallest absolute Gasteiger partial charge is 0.314 e. The molecule has 0 bridgehead atoms. The molecule has 10 heteroatoms. The SMILES string of the molecule is O=C(O)C1(CC2CN(S(=O)(=O)c3cccc(C4CC4)c3)c3cc(-c4cc(F)ccc4F)ccc3O2)COC1. The van der Waals surface area contributed by atoms with Crippen molar-refractivity contribution in [2.75, 3.05) is 24.1 Å². The maximum absolute atomic E-state index is 14.6. The number of hydrogen-bond donors (Lipinski definition) is 1. The molecule has 6 rings (SSSR count). The fraction of sp³-hybridized carbons (Fsp3) is 0.321. The molecule has 1 atom stereocenters. The van der Waals surface area contributed by atoms with Crippen LogP contribution in [0.5, 0.6) is 5.75 Å². The molecule has 2 heterocycles. The summed E-state index contributed by atoms with van der Waals surface area (Å²) in [6.45, 7) is -0.112. The molecule has 3 aromatic carbocycles. The van der Waals surface area contributed by atoms with Gasteiger partial charge in [0.2, 0.25) is 0 Å². The molecule has 7 nitrogen and oxygen atoms in total. The summed E-state index contributed by atoms with van der Waals surface area (Å²) in [5.41, 5.74) is 0.230. The zero-order chi connectivity index (χ0) is 26.7. The first-order valence-corrected chi connectivity index (χ1v) is 13.8. The lowest BCUT2D eigenvalue weighted by molar-refractivity contribution is -0.184. The maximum atomic E-state index is 14.6. The highest BCUT2D eigenvalue weighted by Gasteiger charge is 2.50. The van der Waals surface area contributed by atoms with Crippen molar-refractivity contribution >= 4 is 21.7 Å². The summed E-state index contributed by atoms with van der Waals surface area (Å²) >= 11 is 0. The van der Waals surface area contributed by atoms with E-state index in [-0.39, 0.29) is 53.6 Å². The molecule has 1 saturated heterocycles. The van der Waals surface area contributed by atoms with E-state index in [0.29, 0.717) is 5.92 Å². The van der Waals surface area contributed by atoms with E-state index in [1.54, 1.807) is 12.1 Å². The number of rotatable bonds is 7. The minimum atomic E-state index is -4.11. The van der Waals surface area contributed by atoms with Gasteiger partial charge in [-0.25, -0.2) is 17.2 Å². The molecule has 1 aliphatic carbocycles. The standard InChI is InChI=1S/C28H25F2NO6S/c29-20-7-8-24(30)23(12-20)19-6-9-26-25(11-19)31(14-21(37-26)13-28(27(32)33)15-36-16-28)38(34,35)22-3-1-2-18(10-22)17-4-5-17/h1-3,6-12,17,21H,4-5,13-16H2,(H,32,33). The first-order chi connectivity index (χ1) is 18.2. The Hall–Kier alpha value is -3.50. The predicted molar refractivity (Wildman–Crippen MR) is 135 cm³/mol. The third kappa shape index (κ3) is 4.31. The second-order valence-electron chi connectivity index (χ2n) is 10.2. The molecule has 2 aliphatic heterocycles. The molecule has 0 spiro atoms. The summed E-state index contributed by atoms with van der Waals surface area (Å²) in [7, 11) is -4.11. The zero-order valence-electron chi connectivity index (χ0n) is 20.3. The first-order valence-electron chi connectivity index (χ1n) is 12.4. The number of aliphatic carboxylic acids is 1. The number of halogens is 2. The van der Waals surface area contributed by atoms with Crippen LogP contribution in [0.3, 0.4) is 0 Å². The number of fused-ring (bicyclic) bond motifs is 1. The molecular weight excluding hydrogens is 516 g/mol. The normalized spacial score (nSPS) is 20.3. The van der Waals surface area contributed by atoms with Crippen LogP contribution in [0.25, 0.3) is 11.1 Å². The summed E-state index contributed by atoms with van der Waals surface area (Å²) in [4.78, 5) is 12.1. The van der Waals surface area contributed by atoms with E-state index in [1.807, 2.05) is 6.07 Å². The van der Waals surface area contributed by atoms with Crippen molar-refractivity contribution in [3.63, 3.8) is 0 Å². The Morgan fingerprint density at radius 2 is 1.84 bits per heavy atom. The number of carboxylic acids is 1. The number of carboxylic acid groups (broad SMARTS) is 1. The summed E-state index contributed by atoms with van der Waals surface area (Å²) in [6, 6.07) is 14.4. The third-order valence-corrected chi connectivity index (χ3v) is 9.23. The van der Waals surface area contributed by atoms with E-state index in [9.17, 15) is 27.1 Å². The summed E-state index contributed by atoms with van der Waals surface area (Å²) in [5, 5.41) is 9.78. The van der Waals surface area contributed by atoms with Crippen LogP contribution in [-0.4, -0.2) is 45.4 Å². The monoisotopic (exact) mass is 541 g/mol. The molecule has 0 aromatic heterocycles. The molecule has 1 saturated carbocycles. The molecule has 3 aliphatic rings. The van der Waals surface area contributed by atoms with Gasteiger partial charge in [0.1, 0.15) is 28.9 Å². The van der Waals surface area contributed by atoms with Gasteiger partial charge in [-0.15, -0.1) is 0 Å². The number of carbonyl (C=O) groups is 1. The van der Waals surface area contributed by atoms with Crippen molar-refractivity contribution < 1.29 is 36.6 Å². The van der Waals surface area contributed by atoms with Crippen LogP contribution >= 0.6 is 0 Å². The van der Waals surface area contributed by atoms with E-state index in [1.165, 1.54) is 28.6 Å². The van der Waals surface area contributed by atoms with Crippen molar-refractivity contribution in [1.29, 1.82) is 0 Å². The van der Waals surface area contributed by atoms with E-state index in [4.69, 9.17) is 9.47 Å². The molecule has 3 aromatic rings. The van der Waals surface area contributed by atoms with Gasteiger partial charge in [0.15, 0.2) is 0 Å². The van der Waals surface area contributed by atoms with Crippen LogP contribution < -0.4 is 9.04 Å². The van der Waals surface area contributed by atoms with Gasteiger partial charge in [-0.3, -0.25) is 9.10 Å². The Morgan fingerprint density at radius 3 is 2.53 bits per heavy atom. The van der Waals surface area contributed by atoms with Gasteiger partial charge in [0.05, 0.1) is 30.3 Å². The Balaban J connectivity index is 1.43. The van der Waals surface area contributed by atoms with Gasteiger partial charge in [-0.2, -0.15) is 0 Å². The largest absolute Gasteiger partial charge is 0.486 e. The van der Waals surface area contributed by atoms with Crippen LogP contribution in [0.4, 0.5) is 14.5 Å². The lowest BCUT2D eigenvalue weighted by Crippen LogP contribution is -2.54. The molecule has 1 unspecified atom stereocenters. The van der Waals surface area contributed by atoms with Gasteiger partial charge < -0.3 is 14.6 Å². The van der Waals surface area contributed by atoms with Gasteiger partial charge in [0.25, 0.3) is 10.0 Å². The number of anilines is 1. The third-order valence-electron chi connectivity index (χ3n) is 7.45. The minimum Gasteiger partial charge on any atom is -0.486 e. The van der Waals surface area contributed by atoms with Crippen LogP contribution in [0, 0.1) is 17.0 Å². The fourth-order valence-electron chi connectivity index (χ4n) is 5.12. The van der Waals surface area contributed by atoms with Gasteiger partial charge >= 0.3 is 5.97 Å². The number of benzene rings is 3. The molecule has 2 fully saturated rings. The van der Waals surface area contributed by atoms with Crippen molar-refractivity contribution in [3.8, 4) is 16.9 Å². The number of sulfonamides is 1. The zero-order valence-corrected chi connectivity index (χ0v) is 21.1. The maximum Gasteiger partial charge on any atom is 0.314 e. The van der Waals surface area contributed by atoms with Gasteiger partial charge in [0, 0.05) is 12.0 Å². The number of ether oxygens (including phenoxy) is 2. The number of nitrogens with zero attached hydrogens (tertiary/aromatic N) is 1. The average Bonchev–Trinajstić information content (AvgIpc) is 3.72. The van der Waals surface area contributed by atoms with Crippen LogP contribution in [-0.2, 0) is 19.6 Å². The van der Waals surface area contributed by atoms with Gasteiger partial charge in [-0.05, 0) is 72.4 Å². The van der Waals surface area contributed by atoms with Crippen molar-refractivity contribution in [2.45, 2.75) is 36.2 Å². The Bertz CT molecular complexity index is 1530. The molecular formula is C28H25F2NO6S. The number of hydrogen-bond acceptors (Lipinski definition) is 5. The topological polar surface area (TPSA) is 93.1 Å². The van der Waals surface area contributed by atoms with E-state index >= 15 is 0 Å². The summed E-state index contributed by atoms with van der Waals surface area (Å²) in [5.74, 6) is -1.75. The van der Waals surface area contributed by atoms with Crippen molar-refractivity contribution in [1.82, 2.24) is 0 Å². The molecule has 0 radical (unpaired) electrons.